The number of benzene rings is 2. The van der Waals surface area contributed by atoms with Crippen LogP contribution in [0.2, 0.25) is 0 Å². The highest BCUT2D eigenvalue weighted by molar-refractivity contribution is 5.94. The predicted molar refractivity (Wildman–Crippen MR) is 116 cm³/mol. The van der Waals surface area contributed by atoms with Gasteiger partial charge < -0.3 is 15.0 Å². The first kappa shape index (κ1) is 20.5. The van der Waals surface area contributed by atoms with Crippen molar-refractivity contribution < 1.29 is 14.3 Å². The highest BCUT2D eigenvalue weighted by Gasteiger charge is 2.46. The molecule has 2 amide bonds. The first-order chi connectivity index (χ1) is 14.3. The van der Waals surface area contributed by atoms with Crippen LogP contribution in [-0.4, -0.2) is 35.6 Å². The number of fused-ring (bicyclic) bond motifs is 2. The van der Waals surface area contributed by atoms with E-state index in [4.69, 9.17) is 4.74 Å². The first-order valence-corrected chi connectivity index (χ1v) is 10.7. The minimum atomic E-state index is -0.487. The fourth-order valence-corrected chi connectivity index (χ4v) is 4.77. The number of likely N-dealkylation sites (tertiary alicyclic amines) is 1. The van der Waals surface area contributed by atoms with Crippen LogP contribution in [0, 0.1) is 0 Å². The summed E-state index contributed by atoms with van der Waals surface area (Å²) in [6.07, 6.45) is 2.38. The number of hydrogen-bond acceptors (Lipinski definition) is 3. The fourth-order valence-electron chi connectivity index (χ4n) is 4.77. The van der Waals surface area contributed by atoms with Gasteiger partial charge in [-0.1, -0.05) is 42.5 Å². The van der Waals surface area contributed by atoms with Crippen LogP contribution in [0.4, 0.5) is 4.79 Å². The lowest BCUT2D eigenvalue weighted by molar-refractivity contribution is 0.0161. The van der Waals surface area contributed by atoms with Crippen LogP contribution in [0.1, 0.15) is 67.6 Å². The average molecular weight is 407 g/mol. The third-order valence-electron chi connectivity index (χ3n) is 6.22. The van der Waals surface area contributed by atoms with Crippen molar-refractivity contribution in [2.45, 2.75) is 57.1 Å². The van der Waals surface area contributed by atoms with Crippen molar-refractivity contribution in [1.82, 2.24) is 10.2 Å². The molecule has 1 aliphatic heterocycles. The summed E-state index contributed by atoms with van der Waals surface area (Å²) in [5.74, 6) is -0.0429. The summed E-state index contributed by atoms with van der Waals surface area (Å²) in [4.78, 5) is 27.1. The molecule has 1 spiro atoms. The molecule has 5 heteroatoms. The molecular weight excluding hydrogens is 376 g/mol. The number of rotatable bonds is 2. The van der Waals surface area contributed by atoms with E-state index < -0.39 is 5.60 Å². The molecule has 1 saturated heterocycles. The molecule has 0 aromatic heterocycles. The van der Waals surface area contributed by atoms with Crippen LogP contribution in [0.5, 0.6) is 0 Å². The lowest BCUT2D eigenvalue weighted by Gasteiger charge is -2.40. The molecule has 0 radical (unpaired) electrons. The standard InChI is InChI=1S/C25H30N2O3/c1-24(2,3)30-23(29)27-15-13-25(14-16-27)17-21(19-11-7-8-12-20(19)25)26-22(28)18-9-5-4-6-10-18/h4-12,21H,13-17H2,1-3H3,(H,26,28)/t21-/m0/s1. The van der Waals surface area contributed by atoms with Gasteiger partial charge >= 0.3 is 6.09 Å². The molecule has 1 N–H and O–H groups in total. The molecule has 0 saturated carbocycles. The topological polar surface area (TPSA) is 58.6 Å². The SMILES string of the molecule is CC(C)(C)OC(=O)N1CCC2(CC1)C[C@H](NC(=O)c1ccccc1)c1ccccc12. The third-order valence-corrected chi connectivity index (χ3v) is 6.22. The number of nitrogens with zero attached hydrogens (tertiary/aromatic N) is 1. The van der Waals surface area contributed by atoms with Gasteiger partial charge in [-0.05, 0) is 63.3 Å². The zero-order valence-electron chi connectivity index (χ0n) is 18.0. The molecule has 1 fully saturated rings. The van der Waals surface area contributed by atoms with Gasteiger partial charge in [-0.2, -0.15) is 0 Å². The Kier molecular flexibility index (Phi) is 5.31. The molecule has 1 aliphatic carbocycles. The summed E-state index contributed by atoms with van der Waals surface area (Å²) in [6.45, 7) is 7.02. The largest absolute Gasteiger partial charge is 0.444 e. The van der Waals surface area contributed by atoms with Crippen molar-refractivity contribution in [2.24, 2.45) is 0 Å². The van der Waals surface area contributed by atoms with Crippen molar-refractivity contribution in [2.75, 3.05) is 13.1 Å². The number of carbonyl (C=O) groups is 2. The Morgan fingerprint density at radius 2 is 1.63 bits per heavy atom. The number of nitrogens with one attached hydrogen (secondary N) is 1. The number of ether oxygens (including phenoxy) is 1. The molecule has 0 bridgehead atoms. The fraction of sp³-hybridized carbons (Fsp3) is 0.440. The smallest absolute Gasteiger partial charge is 0.410 e. The summed E-state index contributed by atoms with van der Waals surface area (Å²) in [5.41, 5.74) is 2.69. The zero-order valence-corrected chi connectivity index (χ0v) is 18.0. The van der Waals surface area contributed by atoms with Crippen molar-refractivity contribution in [3.05, 3.63) is 71.3 Å². The van der Waals surface area contributed by atoms with Crippen LogP contribution in [0.25, 0.3) is 0 Å². The highest BCUT2D eigenvalue weighted by atomic mass is 16.6. The monoisotopic (exact) mass is 406 g/mol. The van der Waals surface area contributed by atoms with Crippen LogP contribution in [0.15, 0.2) is 54.6 Å². The normalized spacial score (nSPS) is 20.0. The Labute approximate surface area is 178 Å². The first-order valence-electron chi connectivity index (χ1n) is 10.7. The molecule has 1 atom stereocenters. The number of carbonyl (C=O) groups excluding carboxylic acids is 2. The van der Waals surface area contributed by atoms with Gasteiger partial charge in [-0.15, -0.1) is 0 Å². The molecule has 2 aromatic carbocycles. The number of piperidine rings is 1. The van der Waals surface area contributed by atoms with Crippen molar-refractivity contribution in [3.63, 3.8) is 0 Å². The molecule has 2 aliphatic rings. The highest BCUT2D eigenvalue weighted by Crippen LogP contribution is 2.50. The Balaban J connectivity index is 1.49. The molecular formula is C25H30N2O3. The number of amides is 2. The number of hydrogen-bond donors (Lipinski definition) is 1. The lowest BCUT2D eigenvalue weighted by atomic mass is 9.73. The third kappa shape index (κ3) is 4.07. The van der Waals surface area contributed by atoms with Crippen molar-refractivity contribution in [1.29, 1.82) is 0 Å². The van der Waals surface area contributed by atoms with E-state index in [9.17, 15) is 9.59 Å². The Hall–Kier alpha value is -2.82. The van der Waals surface area contributed by atoms with E-state index in [0.29, 0.717) is 18.7 Å². The quantitative estimate of drug-likeness (QED) is 0.777. The van der Waals surface area contributed by atoms with E-state index in [1.54, 1.807) is 0 Å². The second kappa shape index (κ2) is 7.78. The molecule has 5 nitrogen and oxygen atoms in total. The van der Waals surface area contributed by atoms with Crippen LogP contribution in [0.3, 0.4) is 0 Å². The average Bonchev–Trinajstić information content (AvgIpc) is 3.01. The molecule has 0 unspecified atom stereocenters. The van der Waals surface area contributed by atoms with Gasteiger partial charge in [0.15, 0.2) is 0 Å². The maximum atomic E-state index is 12.8. The summed E-state index contributed by atoms with van der Waals surface area (Å²) >= 11 is 0. The van der Waals surface area contributed by atoms with Gasteiger partial charge in [0.25, 0.3) is 5.91 Å². The molecule has 4 rings (SSSR count). The van der Waals surface area contributed by atoms with Gasteiger partial charge in [0.1, 0.15) is 5.60 Å². The molecule has 1 heterocycles. The second-order valence-corrected chi connectivity index (χ2v) is 9.43. The van der Waals surface area contributed by atoms with Crippen LogP contribution < -0.4 is 5.32 Å². The van der Waals surface area contributed by atoms with Gasteiger partial charge in [-0.3, -0.25) is 4.79 Å². The van der Waals surface area contributed by atoms with E-state index in [1.807, 2.05) is 62.1 Å². The van der Waals surface area contributed by atoms with Gasteiger partial charge in [-0.25, -0.2) is 4.79 Å². The maximum Gasteiger partial charge on any atom is 0.410 e. The van der Waals surface area contributed by atoms with Crippen LogP contribution >= 0.6 is 0 Å². The Bertz CT molecular complexity index is 925. The minimum absolute atomic E-state index is 0.0102. The van der Waals surface area contributed by atoms with Crippen molar-refractivity contribution in [3.8, 4) is 0 Å². The van der Waals surface area contributed by atoms with E-state index in [0.717, 1.165) is 19.3 Å². The van der Waals surface area contributed by atoms with E-state index >= 15 is 0 Å². The maximum absolute atomic E-state index is 12.8. The summed E-state index contributed by atoms with van der Waals surface area (Å²) in [6, 6.07) is 17.8. The van der Waals surface area contributed by atoms with Gasteiger partial charge in [0.05, 0.1) is 6.04 Å². The van der Waals surface area contributed by atoms with E-state index in [2.05, 4.69) is 23.5 Å². The van der Waals surface area contributed by atoms with Gasteiger partial charge in [0.2, 0.25) is 0 Å². The second-order valence-electron chi connectivity index (χ2n) is 9.43. The summed E-state index contributed by atoms with van der Waals surface area (Å²) < 4.78 is 5.55. The lowest BCUT2D eigenvalue weighted by Crippen LogP contribution is -2.46. The van der Waals surface area contributed by atoms with Crippen molar-refractivity contribution >= 4 is 12.0 Å². The van der Waals surface area contributed by atoms with Gasteiger partial charge in [0, 0.05) is 24.1 Å². The minimum Gasteiger partial charge on any atom is -0.444 e. The zero-order chi connectivity index (χ0) is 21.4. The summed E-state index contributed by atoms with van der Waals surface area (Å²) in [5, 5.41) is 3.24. The Morgan fingerprint density at radius 3 is 2.30 bits per heavy atom. The molecule has 2 aromatic rings. The summed E-state index contributed by atoms with van der Waals surface area (Å²) in [7, 11) is 0. The van der Waals surface area contributed by atoms with E-state index in [1.165, 1.54) is 11.1 Å². The predicted octanol–water partition coefficient (Wildman–Crippen LogP) is 4.83. The molecule has 30 heavy (non-hydrogen) atoms. The molecule has 158 valence electrons. The Morgan fingerprint density at radius 1 is 1.00 bits per heavy atom. The van der Waals surface area contributed by atoms with Crippen LogP contribution in [-0.2, 0) is 10.2 Å². The van der Waals surface area contributed by atoms with E-state index in [-0.39, 0.29) is 23.5 Å².